The van der Waals surface area contributed by atoms with Gasteiger partial charge in [0.15, 0.2) is 0 Å². The molecule has 1 aliphatic carbocycles. The number of sulfone groups is 1. The molecule has 3 atom stereocenters. The van der Waals surface area contributed by atoms with Crippen LogP contribution in [0.1, 0.15) is 25.8 Å². The summed E-state index contributed by atoms with van der Waals surface area (Å²) in [6.07, 6.45) is 1.77. The summed E-state index contributed by atoms with van der Waals surface area (Å²) >= 11 is 0. The number of rotatable bonds is 5. The highest BCUT2D eigenvalue weighted by Crippen LogP contribution is 2.48. The fourth-order valence-electron chi connectivity index (χ4n) is 2.64. The molecule has 1 aromatic carbocycles. The van der Waals surface area contributed by atoms with Gasteiger partial charge >= 0.3 is 0 Å². The van der Waals surface area contributed by atoms with Crippen LogP contribution in [0.3, 0.4) is 0 Å². The third kappa shape index (κ3) is 3.61. The number of carbonyl (C=O) groups is 1. The highest BCUT2D eigenvalue weighted by Gasteiger charge is 2.53. The first kappa shape index (κ1) is 15.9. The maximum atomic E-state index is 13.8. The summed E-state index contributed by atoms with van der Waals surface area (Å²) in [4.78, 5) is 12.0. The minimum absolute atomic E-state index is 0.149. The smallest absolute Gasteiger partial charge is 0.224 e. The third-order valence-electron chi connectivity index (χ3n) is 4.04. The Hall–Kier alpha value is -1.43. The average Bonchev–Trinajstić information content (AvgIpc) is 2.99. The summed E-state index contributed by atoms with van der Waals surface area (Å²) in [5.41, 5.74) is 0.178. The molecule has 4 nitrogen and oxygen atoms in total. The molecule has 1 N–H and O–H groups in total. The summed E-state index contributed by atoms with van der Waals surface area (Å²) in [5, 5.41) is 2.82. The standard InChI is InChI=1S/C15H20FNO3S/c1-10(9-21(3,19)20)14(18)17-13-8-15(13,2)11-6-4-5-7-12(11)16/h4-7,10,13H,8-9H2,1-3H3,(H,17,18)/t10-,13-,15+/m1/s1. The number of amides is 1. The Bertz CT molecular complexity index is 659. The van der Waals surface area contributed by atoms with Crippen LogP contribution in [-0.2, 0) is 20.0 Å². The number of carbonyl (C=O) groups excluding carboxylic acids is 1. The third-order valence-corrected chi connectivity index (χ3v) is 5.15. The summed E-state index contributed by atoms with van der Waals surface area (Å²) in [6, 6.07) is 6.38. The van der Waals surface area contributed by atoms with Crippen molar-refractivity contribution in [2.75, 3.05) is 12.0 Å². The van der Waals surface area contributed by atoms with Gasteiger partial charge in [-0.1, -0.05) is 32.0 Å². The second-order valence-electron chi connectivity index (χ2n) is 6.16. The number of nitrogens with one attached hydrogen (secondary N) is 1. The van der Waals surface area contributed by atoms with Crippen molar-refractivity contribution >= 4 is 15.7 Å². The molecule has 0 saturated heterocycles. The van der Waals surface area contributed by atoms with E-state index in [1.807, 2.05) is 6.92 Å². The second-order valence-corrected chi connectivity index (χ2v) is 8.34. The number of hydrogen-bond acceptors (Lipinski definition) is 3. The van der Waals surface area contributed by atoms with Crippen molar-refractivity contribution in [2.24, 2.45) is 5.92 Å². The van der Waals surface area contributed by atoms with Crippen molar-refractivity contribution in [1.29, 1.82) is 0 Å². The zero-order valence-electron chi connectivity index (χ0n) is 12.4. The Morgan fingerprint density at radius 3 is 2.67 bits per heavy atom. The molecule has 1 aliphatic rings. The minimum Gasteiger partial charge on any atom is -0.352 e. The van der Waals surface area contributed by atoms with Gasteiger partial charge in [-0.2, -0.15) is 0 Å². The topological polar surface area (TPSA) is 63.2 Å². The summed E-state index contributed by atoms with van der Waals surface area (Å²) in [5.74, 6) is -1.36. The van der Waals surface area contributed by atoms with Crippen LogP contribution >= 0.6 is 0 Å². The van der Waals surface area contributed by atoms with Gasteiger partial charge in [0.25, 0.3) is 0 Å². The molecular weight excluding hydrogens is 293 g/mol. The van der Waals surface area contributed by atoms with Crippen molar-refractivity contribution in [2.45, 2.75) is 31.7 Å². The van der Waals surface area contributed by atoms with Crippen LogP contribution in [0.25, 0.3) is 0 Å². The lowest BCUT2D eigenvalue weighted by Crippen LogP contribution is -2.36. The summed E-state index contributed by atoms with van der Waals surface area (Å²) < 4.78 is 36.2. The molecule has 2 rings (SSSR count). The molecule has 0 bridgehead atoms. The van der Waals surface area contributed by atoms with Gasteiger partial charge in [-0.15, -0.1) is 0 Å². The Labute approximate surface area is 124 Å². The van der Waals surface area contributed by atoms with Crippen LogP contribution in [-0.4, -0.2) is 32.4 Å². The average molecular weight is 313 g/mol. The molecule has 0 aliphatic heterocycles. The molecule has 0 radical (unpaired) electrons. The molecule has 0 spiro atoms. The molecule has 21 heavy (non-hydrogen) atoms. The highest BCUT2D eigenvalue weighted by atomic mass is 32.2. The van der Waals surface area contributed by atoms with Gasteiger partial charge in [0, 0.05) is 23.6 Å². The van der Waals surface area contributed by atoms with E-state index in [4.69, 9.17) is 0 Å². The predicted octanol–water partition coefficient (Wildman–Crippen LogP) is 1.65. The van der Waals surface area contributed by atoms with E-state index < -0.39 is 21.2 Å². The Morgan fingerprint density at radius 1 is 1.48 bits per heavy atom. The minimum atomic E-state index is -3.19. The molecule has 1 fully saturated rings. The first-order chi connectivity index (χ1) is 9.63. The van der Waals surface area contributed by atoms with Gasteiger partial charge in [0.2, 0.25) is 5.91 Å². The van der Waals surface area contributed by atoms with Gasteiger partial charge in [0.05, 0.1) is 5.75 Å². The molecule has 116 valence electrons. The molecule has 0 heterocycles. The normalized spacial score (nSPS) is 26.2. The van der Waals surface area contributed by atoms with Gasteiger partial charge in [0.1, 0.15) is 15.7 Å². The van der Waals surface area contributed by atoms with Crippen LogP contribution in [0, 0.1) is 11.7 Å². The van der Waals surface area contributed by atoms with Crippen molar-refractivity contribution in [3.05, 3.63) is 35.6 Å². The van der Waals surface area contributed by atoms with Gasteiger partial charge in [-0.25, -0.2) is 12.8 Å². The largest absolute Gasteiger partial charge is 0.352 e. The van der Waals surface area contributed by atoms with E-state index in [2.05, 4.69) is 5.32 Å². The first-order valence-corrected chi connectivity index (χ1v) is 8.92. The van der Waals surface area contributed by atoms with Crippen LogP contribution in [0.5, 0.6) is 0 Å². The maximum absolute atomic E-state index is 13.8. The Morgan fingerprint density at radius 2 is 2.10 bits per heavy atom. The SMILES string of the molecule is C[C@H](CS(C)(=O)=O)C(=O)N[C@@H]1C[C@@]1(C)c1ccccc1F. The van der Waals surface area contributed by atoms with Gasteiger partial charge < -0.3 is 5.32 Å². The zero-order valence-corrected chi connectivity index (χ0v) is 13.2. The monoisotopic (exact) mass is 313 g/mol. The quantitative estimate of drug-likeness (QED) is 0.899. The van der Waals surface area contributed by atoms with Crippen molar-refractivity contribution in [1.82, 2.24) is 5.32 Å². The van der Waals surface area contributed by atoms with Gasteiger partial charge in [-0.05, 0) is 18.1 Å². The van der Waals surface area contributed by atoms with Crippen LogP contribution in [0.2, 0.25) is 0 Å². The van der Waals surface area contributed by atoms with Crippen molar-refractivity contribution in [3.8, 4) is 0 Å². The van der Waals surface area contributed by atoms with Crippen LogP contribution < -0.4 is 5.32 Å². The maximum Gasteiger partial charge on any atom is 0.224 e. The van der Waals surface area contributed by atoms with E-state index in [1.54, 1.807) is 25.1 Å². The molecule has 0 unspecified atom stereocenters. The summed E-state index contributed by atoms with van der Waals surface area (Å²) in [7, 11) is -3.19. The molecule has 1 amide bonds. The number of benzene rings is 1. The number of halogens is 1. The fraction of sp³-hybridized carbons (Fsp3) is 0.533. The molecule has 1 saturated carbocycles. The summed E-state index contributed by atoms with van der Waals surface area (Å²) in [6.45, 7) is 3.48. The first-order valence-electron chi connectivity index (χ1n) is 6.86. The van der Waals surface area contributed by atoms with Crippen molar-refractivity contribution in [3.63, 3.8) is 0 Å². The lowest BCUT2D eigenvalue weighted by Gasteiger charge is -2.15. The van der Waals surface area contributed by atoms with E-state index in [9.17, 15) is 17.6 Å². The Kier molecular flexibility index (Phi) is 4.10. The van der Waals surface area contributed by atoms with Crippen LogP contribution in [0.4, 0.5) is 4.39 Å². The van der Waals surface area contributed by atoms with Crippen molar-refractivity contribution < 1.29 is 17.6 Å². The molecule has 1 aromatic rings. The molecule has 6 heteroatoms. The molecular formula is C15H20FNO3S. The van der Waals surface area contributed by atoms with E-state index in [0.717, 1.165) is 6.26 Å². The lowest BCUT2D eigenvalue weighted by molar-refractivity contribution is -0.124. The molecule has 0 aromatic heterocycles. The Balaban J connectivity index is 2.01. The van der Waals surface area contributed by atoms with Crippen LogP contribution in [0.15, 0.2) is 24.3 Å². The lowest BCUT2D eigenvalue weighted by atomic mass is 9.97. The zero-order chi connectivity index (χ0) is 15.8. The highest BCUT2D eigenvalue weighted by molar-refractivity contribution is 7.90. The number of hydrogen-bond donors (Lipinski definition) is 1. The van der Waals surface area contributed by atoms with E-state index in [-0.39, 0.29) is 23.5 Å². The van der Waals surface area contributed by atoms with E-state index >= 15 is 0 Å². The van der Waals surface area contributed by atoms with Gasteiger partial charge in [-0.3, -0.25) is 4.79 Å². The predicted molar refractivity (Wildman–Crippen MR) is 79.2 cm³/mol. The second kappa shape index (κ2) is 5.40. The van der Waals surface area contributed by atoms with E-state index in [1.165, 1.54) is 6.07 Å². The van der Waals surface area contributed by atoms with E-state index in [0.29, 0.717) is 12.0 Å². The fourth-order valence-corrected chi connectivity index (χ4v) is 3.70.